The maximum Gasteiger partial charge on any atom is 0.329 e. The number of rotatable bonds is 5. The first-order chi connectivity index (χ1) is 14.4. The third-order valence-electron chi connectivity index (χ3n) is 4.08. The molecule has 0 saturated heterocycles. The average molecular weight is 427 g/mol. The lowest BCUT2D eigenvalue weighted by molar-refractivity contribution is -0.385. The second-order valence-corrected chi connectivity index (χ2v) is 6.45. The SMILES string of the molecule is Cc1c(-c2ccc(/C=N/NC(=O)C(=O)Nc3ccccc3Cl)o2)cccc1[N+](=O)[O-]. The molecule has 2 amide bonds. The Balaban J connectivity index is 1.64. The van der Waals surface area contributed by atoms with Crippen LogP contribution in [0.25, 0.3) is 11.3 Å². The molecule has 0 bridgehead atoms. The van der Waals surface area contributed by atoms with Crippen molar-refractivity contribution in [3.05, 3.63) is 81.1 Å². The van der Waals surface area contributed by atoms with Crippen molar-refractivity contribution in [2.24, 2.45) is 5.10 Å². The summed E-state index contributed by atoms with van der Waals surface area (Å²) < 4.78 is 5.60. The minimum Gasteiger partial charge on any atom is -0.455 e. The molecule has 1 aromatic heterocycles. The van der Waals surface area contributed by atoms with Crippen molar-refractivity contribution in [2.75, 3.05) is 5.32 Å². The summed E-state index contributed by atoms with van der Waals surface area (Å²) in [5.74, 6) is -1.25. The normalized spacial score (nSPS) is 10.7. The first-order valence-electron chi connectivity index (χ1n) is 8.60. The Morgan fingerprint density at radius 1 is 1.10 bits per heavy atom. The maximum absolute atomic E-state index is 11.9. The van der Waals surface area contributed by atoms with Gasteiger partial charge < -0.3 is 9.73 Å². The minimum absolute atomic E-state index is 0.0177. The number of hydrazone groups is 1. The van der Waals surface area contributed by atoms with E-state index in [2.05, 4.69) is 15.8 Å². The van der Waals surface area contributed by atoms with Crippen LogP contribution < -0.4 is 10.7 Å². The number of nitro groups is 1. The zero-order valence-corrected chi connectivity index (χ0v) is 16.3. The molecule has 0 aliphatic carbocycles. The summed E-state index contributed by atoms with van der Waals surface area (Å²) >= 11 is 5.92. The maximum atomic E-state index is 11.9. The van der Waals surface area contributed by atoms with Gasteiger partial charge in [-0.2, -0.15) is 5.10 Å². The van der Waals surface area contributed by atoms with Crippen LogP contribution in [0.5, 0.6) is 0 Å². The summed E-state index contributed by atoms with van der Waals surface area (Å²) in [5.41, 5.74) is 3.39. The van der Waals surface area contributed by atoms with E-state index in [1.807, 2.05) is 0 Å². The molecular weight excluding hydrogens is 412 g/mol. The molecule has 3 aromatic rings. The van der Waals surface area contributed by atoms with E-state index < -0.39 is 16.7 Å². The van der Waals surface area contributed by atoms with Crippen LogP contribution in [0, 0.1) is 17.0 Å². The van der Waals surface area contributed by atoms with E-state index in [0.29, 0.717) is 27.6 Å². The fourth-order valence-electron chi connectivity index (χ4n) is 2.60. The van der Waals surface area contributed by atoms with Gasteiger partial charge >= 0.3 is 11.8 Å². The first-order valence-corrected chi connectivity index (χ1v) is 8.97. The van der Waals surface area contributed by atoms with Crippen LogP contribution in [-0.4, -0.2) is 23.0 Å². The van der Waals surface area contributed by atoms with Crippen LogP contribution in [0.2, 0.25) is 5.02 Å². The number of hydrogen-bond donors (Lipinski definition) is 2. The van der Waals surface area contributed by atoms with Gasteiger partial charge in [-0.3, -0.25) is 19.7 Å². The molecule has 0 fully saturated rings. The Labute approximate surface area is 175 Å². The minimum atomic E-state index is -0.993. The van der Waals surface area contributed by atoms with E-state index in [0.717, 1.165) is 0 Å². The molecule has 0 atom stereocenters. The Hall–Kier alpha value is -3.98. The number of carbonyl (C=O) groups is 2. The number of hydrogen-bond acceptors (Lipinski definition) is 6. The van der Waals surface area contributed by atoms with Gasteiger partial charge in [0.1, 0.15) is 11.5 Å². The van der Waals surface area contributed by atoms with E-state index >= 15 is 0 Å². The predicted molar refractivity (Wildman–Crippen MR) is 111 cm³/mol. The van der Waals surface area contributed by atoms with Gasteiger partial charge in [-0.15, -0.1) is 0 Å². The Bertz CT molecular complexity index is 1160. The van der Waals surface area contributed by atoms with Gasteiger partial charge in [-0.05, 0) is 31.2 Å². The van der Waals surface area contributed by atoms with Crippen LogP contribution >= 0.6 is 11.6 Å². The fraction of sp³-hybridized carbons (Fsp3) is 0.0500. The fourth-order valence-corrected chi connectivity index (χ4v) is 2.79. The number of halogens is 1. The number of carbonyl (C=O) groups excluding carboxylic acids is 2. The van der Waals surface area contributed by atoms with Gasteiger partial charge in [0.2, 0.25) is 0 Å². The van der Waals surface area contributed by atoms with Crippen molar-refractivity contribution in [1.29, 1.82) is 0 Å². The molecule has 0 spiro atoms. The van der Waals surface area contributed by atoms with Gasteiger partial charge in [0.15, 0.2) is 0 Å². The van der Waals surface area contributed by atoms with E-state index in [1.165, 1.54) is 12.3 Å². The molecule has 2 aromatic carbocycles. The van der Waals surface area contributed by atoms with Gasteiger partial charge in [0.05, 0.1) is 21.8 Å². The highest BCUT2D eigenvalue weighted by Crippen LogP contribution is 2.30. The summed E-state index contributed by atoms with van der Waals surface area (Å²) in [6.45, 7) is 1.63. The number of para-hydroxylation sites is 1. The van der Waals surface area contributed by atoms with Crippen LogP contribution in [0.4, 0.5) is 11.4 Å². The lowest BCUT2D eigenvalue weighted by Crippen LogP contribution is -2.32. The van der Waals surface area contributed by atoms with Crippen LogP contribution in [0.15, 0.2) is 64.1 Å². The molecule has 10 heteroatoms. The first kappa shape index (κ1) is 20.7. The molecule has 0 aliphatic heterocycles. The summed E-state index contributed by atoms with van der Waals surface area (Å²) in [7, 11) is 0. The quantitative estimate of drug-likeness (QED) is 0.277. The summed E-state index contributed by atoms with van der Waals surface area (Å²) in [5, 5.41) is 17.4. The van der Waals surface area contributed by atoms with E-state index in [1.54, 1.807) is 55.5 Å². The van der Waals surface area contributed by atoms with Crippen LogP contribution in [0.1, 0.15) is 11.3 Å². The molecule has 152 valence electrons. The van der Waals surface area contributed by atoms with Gasteiger partial charge in [-0.1, -0.05) is 35.9 Å². The van der Waals surface area contributed by atoms with Crippen molar-refractivity contribution in [2.45, 2.75) is 6.92 Å². The van der Waals surface area contributed by atoms with Crippen molar-refractivity contribution < 1.29 is 18.9 Å². The number of nitrogens with zero attached hydrogens (tertiary/aromatic N) is 2. The second kappa shape index (κ2) is 9.01. The monoisotopic (exact) mass is 426 g/mol. The molecule has 9 nitrogen and oxygen atoms in total. The van der Waals surface area contributed by atoms with Crippen molar-refractivity contribution in [3.8, 4) is 11.3 Å². The van der Waals surface area contributed by atoms with Gasteiger partial charge in [0, 0.05) is 17.2 Å². The van der Waals surface area contributed by atoms with Crippen LogP contribution in [-0.2, 0) is 9.59 Å². The molecule has 2 N–H and O–H groups in total. The molecule has 0 radical (unpaired) electrons. The average Bonchev–Trinajstić information content (AvgIpc) is 3.18. The summed E-state index contributed by atoms with van der Waals surface area (Å²) in [6.07, 6.45) is 1.21. The van der Waals surface area contributed by atoms with E-state index in [9.17, 15) is 19.7 Å². The highest BCUT2D eigenvalue weighted by atomic mass is 35.5. The third kappa shape index (κ3) is 4.70. The molecule has 0 unspecified atom stereocenters. The highest BCUT2D eigenvalue weighted by molar-refractivity contribution is 6.41. The van der Waals surface area contributed by atoms with Crippen LogP contribution in [0.3, 0.4) is 0 Å². The number of amides is 2. The highest BCUT2D eigenvalue weighted by Gasteiger charge is 2.17. The number of nitrogens with one attached hydrogen (secondary N) is 2. The summed E-state index contributed by atoms with van der Waals surface area (Å²) in [6, 6.07) is 14.4. The van der Waals surface area contributed by atoms with E-state index in [-0.39, 0.29) is 11.4 Å². The molecule has 1 heterocycles. The Morgan fingerprint density at radius 3 is 2.60 bits per heavy atom. The molecule has 0 saturated carbocycles. The van der Waals surface area contributed by atoms with Crippen molar-refractivity contribution in [1.82, 2.24) is 5.43 Å². The Kier molecular flexibility index (Phi) is 6.23. The zero-order chi connectivity index (χ0) is 21.7. The van der Waals surface area contributed by atoms with Gasteiger partial charge in [0.25, 0.3) is 5.69 Å². The predicted octanol–water partition coefficient (Wildman–Crippen LogP) is 3.91. The number of benzene rings is 2. The smallest absolute Gasteiger partial charge is 0.329 e. The number of furan rings is 1. The van der Waals surface area contributed by atoms with Gasteiger partial charge in [-0.25, -0.2) is 5.43 Å². The largest absolute Gasteiger partial charge is 0.455 e. The van der Waals surface area contributed by atoms with Crippen molar-refractivity contribution in [3.63, 3.8) is 0 Å². The third-order valence-corrected chi connectivity index (χ3v) is 4.41. The topological polar surface area (TPSA) is 127 Å². The standard InChI is InChI=1S/C20H15ClN4O5/c1-12-14(5-4-8-17(12)25(28)29)18-10-9-13(30-18)11-22-24-20(27)19(26)23-16-7-3-2-6-15(16)21/h2-11H,1H3,(H,23,26)(H,24,27)/b22-11+. The lowest BCUT2D eigenvalue weighted by atomic mass is 10.1. The molecular formula is C20H15ClN4O5. The molecule has 0 aliphatic rings. The number of anilines is 1. The molecule has 30 heavy (non-hydrogen) atoms. The zero-order valence-electron chi connectivity index (χ0n) is 15.6. The summed E-state index contributed by atoms with van der Waals surface area (Å²) in [4.78, 5) is 34.3. The lowest BCUT2D eigenvalue weighted by Gasteiger charge is -2.05. The Morgan fingerprint density at radius 2 is 1.87 bits per heavy atom. The van der Waals surface area contributed by atoms with Crippen molar-refractivity contribution >= 4 is 41.0 Å². The molecule has 3 rings (SSSR count). The number of nitro benzene ring substituents is 1. The second-order valence-electron chi connectivity index (χ2n) is 6.04. The van der Waals surface area contributed by atoms with E-state index in [4.69, 9.17) is 16.0 Å².